The quantitative estimate of drug-likeness (QED) is 0.871. The highest BCUT2D eigenvalue weighted by Crippen LogP contribution is 2.28. The van der Waals surface area contributed by atoms with Gasteiger partial charge in [-0.25, -0.2) is 0 Å². The molecule has 2 N–H and O–H groups in total. The van der Waals surface area contributed by atoms with E-state index in [4.69, 9.17) is 28.9 Å². The van der Waals surface area contributed by atoms with Gasteiger partial charge in [-0.05, 0) is 29.5 Å². The maximum Gasteiger partial charge on any atom is 0.0624 e. The average Bonchev–Trinajstić information content (AvgIpc) is 2.44. The molecule has 0 bridgehead atoms. The molecule has 0 aliphatic carbocycles. The summed E-state index contributed by atoms with van der Waals surface area (Å²) in [7, 11) is 0. The molecule has 19 heavy (non-hydrogen) atoms. The molecule has 0 radical (unpaired) electrons. The van der Waals surface area contributed by atoms with Crippen molar-refractivity contribution in [1.82, 2.24) is 0 Å². The van der Waals surface area contributed by atoms with E-state index < -0.39 is 0 Å². The average molecular weight is 294 g/mol. The van der Waals surface area contributed by atoms with Crippen LogP contribution in [0.15, 0.2) is 48.5 Å². The Labute approximate surface area is 124 Å². The summed E-state index contributed by atoms with van der Waals surface area (Å²) < 4.78 is 0. The van der Waals surface area contributed by atoms with Crippen LogP contribution in [0.2, 0.25) is 10.0 Å². The van der Waals surface area contributed by atoms with Gasteiger partial charge in [0.1, 0.15) is 0 Å². The molecule has 1 nitrogen and oxygen atoms in total. The zero-order valence-electron chi connectivity index (χ0n) is 10.8. The highest BCUT2D eigenvalue weighted by Gasteiger charge is 2.17. The van der Waals surface area contributed by atoms with Crippen LogP contribution >= 0.6 is 23.2 Å². The van der Waals surface area contributed by atoms with Gasteiger partial charge in [0.2, 0.25) is 0 Å². The number of benzene rings is 2. The molecule has 2 unspecified atom stereocenters. The third-order valence-corrected chi connectivity index (χ3v) is 4.31. The van der Waals surface area contributed by atoms with Crippen molar-refractivity contribution >= 4 is 23.2 Å². The van der Waals surface area contributed by atoms with E-state index in [1.54, 1.807) is 6.07 Å². The molecule has 0 spiro atoms. The molecule has 0 saturated carbocycles. The molecular formula is C16H17Cl2N. The van der Waals surface area contributed by atoms with E-state index in [2.05, 4.69) is 19.1 Å². The second-order valence-electron chi connectivity index (χ2n) is 4.78. The van der Waals surface area contributed by atoms with Crippen LogP contribution in [-0.4, -0.2) is 6.04 Å². The second-order valence-corrected chi connectivity index (χ2v) is 5.57. The van der Waals surface area contributed by atoms with Gasteiger partial charge in [0.05, 0.1) is 10.0 Å². The molecule has 0 fully saturated rings. The fraction of sp³-hybridized carbons (Fsp3) is 0.250. The molecule has 0 aliphatic rings. The van der Waals surface area contributed by atoms with Gasteiger partial charge in [-0.1, -0.05) is 72.6 Å². The molecule has 0 heterocycles. The second kappa shape index (κ2) is 6.42. The largest absolute Gasteiger partial charge is 0.327 e. The molecule has 2 aromatic carbocycles. The van der Waals surface area contributed by atoms with E-state index in [9.17, 15) is 0 Å². The molecule has 0 amide bonds. The fourth-order valence-electron chi connectivity index (χ4n) is 2.14. The summed E-state index contributed by atoms with van der Waals surface area (Å²) in [5.41, 5.74) is 8.55. The van der Waals surface area contributed by atoms with Gasteiger partial charge in [-0.2, -0.15) is 0 Å². The summed E-state index contributed by atoms with van der Waals surface area (Å²) in [5.74, 6) is 0.274. The molecule has 2 atom stereocenters. The van der Waals surface area contributed by atoms with Crippen molar-refractivity contribution in [2.75, 3.05) is 0 Å². The Hall–Kier alpha value is -1.02. The van der Waals surface area contributed by atoms with Crippen LogP contribution in [0.25, 0.3) is 0 Å². The van der Waals surface area contributed by atoms with Crippen LogP contribution in [0.1, 0.15) is 24.0 Å². The van der Waals surface area contributed by atoms with Crippen LogP contribution in [0.5, 0.6) is 0 Å². The van der Waals surface area contributed by atoms with Gasteiger partial charge in [0, 0.05) is 6.04 Å². The number of hydrogen-bond donors (Lipinski definition) is 1. The van der Waals surface area contributed by atoms with Crippen molar-refractivity contribution in [2.45, 2.75) is 25.3 Å². The lowest BCUT2D eigenvalue weighted by Gasteiger charge is -2.21. The van der Waals surface area contributed by atoms with Crippen LogP contribution in [0.3, 0.4) is 0 Å². The predicted octanol–water partition coefficient (Wildman–Crippen LogP) is 4.67. The van der Waals surface area contributed by atoms with Crippen LogP contribution in [-0.2, 0) is 6.42 Å². The van der Waals surface area contributed by atoms with E-state index >= 15 is 0 Å². The molecule has 0 aromatic heterocycles. The van der Waals surface area contributed by atoms with Gasteiger partial charge < -0.3 is 5.73 Å². The minimum Gasteiger partial charge on any atom is -0.327 e. The smallest absolute Gasteiger partial charge is 0.0624 e. The Morgan fingerprint density at radius 3 is 2.37 bits per heavy atom. The summed E-state index contributed by atoms with van der Waals surface area (Å²) in [6.07, 6.45) is 0.718. The fourth-order valence-corrected chi connectivity index (χ4v) is 2.54. The lowest BCUT2D eigenvalue weighted by Crippen LogP contribution is -2.29. The zero-order valence-corrected chi connectivity index (χ0v) is 12.3. The van der Waals surface area contributed by atoms with E-state index in [1.165, 1.54) is 5.56 Å². The first kappa shape index (κ1) is 14.4. The standard InChI is InChI=1S/C16H17Cl2N/c1-11(12-6-3-2-4-7-12)15(19)10-13-8-5-9-14(17)16(13)18/h2-9,11,15H,10,19H2,1H3. The minimum atomic E-state index is 0.0124. The highest BCUT2D eigenvalue weighted by molar-refractivity contribution is 6.42. The van der Waals surface area contributed by atoms with Crippen molar-refractivity contribution in [2.24, 2.45) is 5.73 Å². The third kappa shape index (κ3) is 3.50. The summed E-state index contributed by atoms with van der Waals surface area (Å²) in [4.78, 5) is 0. The van der Waals surface area contributed by atoms with Crippen molar-refractivity contribution < 1.29 is 0 Å². The number of rotatable bonds is 4. The van der Waals surface area contributed by atoms with Gasteiger partial charge >= 0.3 is 0 Å². The third-order valence-electron chi connectivity index (χ3n) is 3.45. The van der Waals surface area contributed by atoms with Crippen LogP contribution in [0, 0.1) is 0 Å². The maximum absolute atomic E-state index is 6.30. The molecular weight excluding hydrogens is 277 g/mol. The summed E-state index contributed by atoms with van der Waals surface area (Å²) in [6, 6.07) is 16.0. The molecule has 0 saturated heterocycles. The van der Waals surface area contributed by atoms with Crippen LogP contribution < -0.4 is 5.73 Å². The maximum atomic E-state index is 6.30. The van der Waals surface area contributed by atoms with E-state index in [1.807, 2.05) is 30.3 Å². The van der Waals surface area contributed by atoms with E-state index in [0.717, 1.165) is 12.0 Å². The van der Waals surface area contributed by atoms with E-state index in [-0.39, 0.29) is 12.0 Å². The Bertz CT molecular complexity index is 540. The first-order valence-electron chi connectivity index (χ1n) is 6.33. The first-order chi connectivity index (χ1) is 9.09. The zero-order chi connectivity index (χ0) is 13.8. The van der Waals surface area contributed by atoms with Gasteiger partial charge in [0.25, 0.3) is 0 Å². The molecule has 3 heteroatoms. The first-order valence-corrected chi connectivity index (χ1v) is 7.08. The van der Waals surface area contributed by atoms with Crippen molar-refractivity contribution in [3.63, 3.8) is 0 Å². The van der Waals surface area contributed by atoms with Gasteiger partial charge in [0.15, 0.2) is 0 Å². The normalized spacial score (nSPS) is 14.1. The molecule has 2 rings (SSSR count). The Kier molecular flexibility index (Phi) is 4.87. The lowest BCUT2D eigenvalue weighted by molar-refractivity contribution is 0.564. The Balaban J connectivity index is 2.13. The molecule has 2 aromatic rings. The SMILES string of the molecule is CC(c1ccccc1)C(N)Cc1cccc(Cl)c1Cl. The molecule has 0 aliphatic heterocycles. The minimum absolute atomic E-state index is 0.0124. The lowest BCUT2D eigenvalue weighted by atomic mass is 9.90. The van der Waals surface area contributed by atoms with Gasteiger partial charge in [-0.15, -0.1) is 0 Å². The molecule has 100 valence electrons. The number of halogens is 2. The Morgan fingerprint density at radius 1 is 1.00 bits per heavy atom. The van der Waals surface area contributed by atoms with Gasteiger partial charge in [-0.3, -0.25) is 0 Å². The van der Waals surface area contributed by atoms with Crippen molar-refractivity contribution in [3.8, 4) is 0 Å². The highest BCUT2D eigenvalue weighted by atomic mass is 35.5. The van der Waals surface area contributed by atoms with E-state index in [0.29, 0.717) is 10.0 Å². The summed E-state index contributed by atoms with van der Waals surface area (Å²) >= 11 is 12.2. The topological polar surface area (TPSA) is 26.0 Å². The van der Waals surface area contributed by atoms with Crippen molar-refractivity contribution in [3.05, 3.63) is 69.7 Å². The number of nitrogens with two attached hydrogens (primary N) is 1. The predicted molar refractivity (Wildman–Crippen MR) is 83.0 cm³/mol. The van der Waals surface area contributed by atoms with Crippen molar-refractivity contribution in [1.29, 1.82) is 0 Å². The summed E-state index contributed by atoms with van der Waals surface area (Å²) in [6.45, 7) is 2.14. The summed E-state index contributed by atoms with van der Waals surface area (Å²) in [5, 5.41) is 1.19. The van der Waals surface area contributed by atoms with Crippen LogP contribution in [0.4, 0.5) is 0 Å². The number of hydrogen-bond acceptors (Lipinski definition) is 1. The Morgan fingerprint density at radius 2 is 1.68 bits per heavy atom. The monoisotopic (exact) mass is 293 g/mol.